The average molecular weight is 229 g/mol. The second-order valence-corrected chi connectivity index (χ2v) is 4.14. The van der Waals surface area contributed by atoms with Crippen LogP contribution in [0.3, 0.4) is 0 Å². The Labute approximate surface area is 102 Å². The van der Waals surface area contributed by atoms with Crippen LogP contribution in [-0.2, 0) is 13.0 Å². The average Bonchev–Trinajstić information content (AvgIpc) is 2.86. The van der Waals surface area contributed by atoms with E-state index in [9.17, 15) is 0 Å². The highest BCUT2D eigenvalue weighted by Gasteiger charge is 2.12. The fraction of sp³-hybridized carbons (Fsp3) is 0.357. The van der Waals surface area contributed by atoms with Gasteiger partial charge in [0.25, 0.3) is 0 Å². The minimum Gasteiger partial charge on any atom is -0.319 e. The van der Waals surface area contributed by atoms with Crippen LogP contribution in [0.4, 0.5) is 0 Å². The van der Waals surface area contributed by atoms with Gasteiger partial charge in [0.05, 0.1) is 11.7 Å². The highest BCUT2D eigenvalue weighted by Crippen LogP contribution is 2.19. The maximum atomic E-state index is 6.27. The standard InChI is InChI=1S/C14H19N3/c1-3-11-5-7-12(8-6-11)14(15)13-9-10-16-17(13)4-2/h5-10,14H,3-4,15H2,1-2H3. The molecule has 1 aromatic carbocycles. The molecule has 0 aliphatic carbocycles. The summed E-state index contributed by atoms with van der Waals surface area (Å²) in [6, 6.07) is 10.4. The van der Waals surface area contributed by atoms with Gasteiger partial charge in [0.2, 0.25) is 0 Å². The number of aromatic nitrogens is 2. The summed E-state index contributed by atoms with van der Waals surface area (Å²) < 4.78 is 1.94. The van der Waals surface area contributed by atoms with Gasteiger partial charge in [0, 0.05) is 12.7 Å². The van der Waals surface area contributed by atoms with Gasteiger partial charge in [-0.3, -0.25) is 4.68 Å². The summed E-state index contributed by atoms with van der Waals surface area (Å²) in [6.07, 6.45) is 2.86. The maximum absolute atomic E-state index is 6.27. The van der Waals surface area contributed by atoms with Crippen LogP contribution in [0.25, 0.3) is 0 Å². The number of rotatable bonds is 4. The summed E-state index contributed by atoms with van der Waals surface area (Å²) in [5.74, 6) is 0. The monoisotopic (exact) mass is 229 g/mol. The number of aryl methyl sites for hydroxylation is 2. The Morgan fingerprint density at radius 1 is 1.18 bits per heavy atom. The molecule has 17 heavy (non-hydrogen) atoms. The van der Waals surface area contributed by atoms with Gasteiger partial charge in [-0.15, -0.1) is 0 Å². The fourth-order valence-electron chi connectivity index (χ4n) is 2.00. The maximum Gasteiger partial charge on any atom is 0.0723 e. The number of nitrogens with two attached hydrogens (primary N) is 1. The quantitative estimate of drug-likeness (QED) is 0.875. The predicted molar refractivity (Wildman–Crippen MR) is 69.8 cm³/mol. The molecule has 0 radical (unpaired) electrons. The zero-order valence-corrected chi connectivity index (χ0v) is 10.4. The predicted octanol–water partition coefficient (Wildman–Crippen LogP) is 2.51. The first-order chi connectivity index (χ1) is 8.26. The van der Waals surface area contributed by atoms with Gasteiger partial charge in [-0.1, -0.05) is 31.2 Å². The molecule has 1 aromatic heterocycles. The SMILES string of the molecule is CCc1ccc(C(N)c2ccnn2CC)cc1. The first-order valence-electron chi connectivity index (χ1n) is 6.12. The molecule has 0 aliphatic rings. The van der Waals surface area contributed by atoms with Crippen molar-refractivity contribution in [1.29, 1.82) is 0 Å². The molecule has 1 atom stereocenters. The van der Waals surface area contributed by atoms with Crippen LogP contribution in [0.1, 0.15) is 36.7 Å². The molecular formula is C14H19N3. The van der Waals surface area contributed by atoms with Crippen molar-refractivity contribution < 1.29 is 0 Å². The topological polar surface area (TPSA) is 43.8 Å². The Morgan fingerprint density at radius 3 is 2.47 bits per heavy atom. The summed E-state index contributed by atoms with van der Waals surface area (Å²) in [6.45, 7) is 5.08. The molecule has 90 valence electrons. The second-order valence-electron chi connectivity index (χ2n) is 4.14. The van der Waals surface area contributed by atoms with E-state index in [4.69, 9.17) is 5.73 Å². The van der Waals surface area contributed by atoms with Crippen molar-refractivity contribution in [3.63, 3.8) is 0 Å². The number of nitrogens with zero attached hydrogens (tertiary/aromatic N) is 2. The van der Waals surface area contributed by atoms with Crippen molar-refractivity contribution in [2.45, 2.75) is 32.9 Å². The molecule has 0 saturated carbocycles. The number of hydrogen-bond acceptors (Lipinski definition) is 2. The summed E-state index contributed by atoms with van der Waals surface area (Å²) in [5.41, 5.74) is 9.81. The van der Waals surface area contributed by atoms with Crippen LogP contribution in [0.15, 0.2) is 36.5 Å². The van der Waals surface area contributed by atoms with Crippen LogP contribution in [0.5, 0.6) is 0 Å². The zero-order chi connectivity index (χ0) is 12.3. The number of hydrogen-bond donors (Lipinski definition) is 1. The lowest BCUT2D eigenvalue weighted by Crippen LogP contribution is -2.17. The van der Waals surface area contributed by atoms with Crippen LogP contribution >= 0.6 is 0 Å². The van der Waals surface area contributed by atoms with Gasteiger partial charge in [-0.25, -0.2) is 0 Å². The molecule has 3 nitrogen and oxygen atoms in total. The molecule has 0 amide bonds. The summed E-state index contributed by atoms with van der Waals surface area (Å²) in [7, 11) is 0. The van der Waals surface area contributed by atoms with E-state index in [2.05, 4.69) is 43.2 Å². The third-order valence-electron chi connectivity index (χ3n) is 3.11. The van der Waals surface area contributed by atoms with E-state index in [0.29, 0.717) is 0 Å². The van der Waals surface area contributed by atoms with E-state index in [1.807, 2.05) is 10.7 Å². The smallest absolute Gasteiger partial charge is 0.0723 e. The van der Waals surface area contributed by atoms with E-state index < -0.39 is 0 Å². The Bertz CT molecular complexity index is 470. The largest absolute Gasteiger partial charge is 0.319 e. The lowest BCUT2D eigenvalue weighted by molar-refractivity contribution is 0.601. The Balaban J connectivity index is 2.27. The van der Waals surface area contributed by atoms with Crippen molar-refractivity contribution in [2.24, 2.45) is 5.73 Å². The molecule has 2 rings (SSSR count). The minimum atomic E-state index is -0.0941. The summed E-state index contributed by atoms with van der Waals surface area (Å²) in [4.78, 5) is 0. The molecule has 1 heterocycles. The molecule has 0 spiro atoms. The van der Waals surface area contributed by atoms with Crippen molar-refractivity contribution >= 4 is 0 Å². The van der Waals surface area contributed by atoms with Crippen LogP contribution < -0.4 is 5.73 Å². The minimum absolute atomic E-state index is 0.0941. The Morgan fingerprint density at radius 2 is 1.88 bits per heavy atom. The highest BCUT2D eigenvalue weighted by atomic mass is 15.3. The van der Waals surface area contributed by atoms with E-state index in [1.54, 1.807) is 6.20 Å². The lowest BCUT2D eigenvalue weighted by atomic mass is 10.0. The lowest BCUT2D eigenvalue weighted by Gasteiger charge is -2.14. The van der Waals surface area contributed by atoms with Crippen molar-refractivity contribution in [3.05, 3.63) is 53.3 Å². The Hall–Kier alpha value is -1.61. The van der Waals surface area contributed by atoms with E-state index in [-0.39, 0.29) is 6.04 Å². The van der Waals surface area contributed by atoms with Crippen LogP contribution in [0.2, 0.25) is 0 Å². The molecule has 0 bridgehead atoms. The molecule has 0 aliphatic heterocycles. The zero-order valence-electron chi connectivity index (χ0n) is 10.4. The number of benzene rings is 1. The van der Waals surface area contributed by atoms with Gasteiger partial charge in [0.15, 0.2) is 0 Å². The normalized spacial score (nSPS) is 12.6. The first kappa shape index (κ1) is 11.9. The molecule has 2 aromatic rings. The highest BCUT2D eigenvalue weighted by molar-refractivity contribution is 5.30. The van der Waals surface area contributed by atoms with E-state index in [0.717, 1.165) is 24.2 Å². The first-order valence-corrected chi connectivity index (χ1v) is 6.12. The van der Waals surface area contributed by atoms with Crippen LogP contribution in [-0.4, -0.2) is 9.78 Å². The fourth-order valence-corrected chi connectivity index (χ4v) is 2.00. The van der Waals surface area contributed by atoms with Crippen molar-refractivity contribution in [1.82, 2.24) is 9.78 Å². The van der Waals surface area contributed by atoms with Crippen LogP contribution in [0, 0.1) is 0 Å². The van der Waals surface area contributed by atoms with Crippen molar-refractivity contribution in [3.8, 4) is 0 Å². The third-order valence-corrected chi connectivity index (χ3v) is 3.11. The molecular weight excluding hydrogens is 210 g/mol. The van der Waals surface area contributed by atoms with Gasteiger partial charge >= 0.3 is 0 Å². The molecule has 2 N–H and O–H groups in total. The summed E-state index contributed by atoms with van der Waals surface area (Å²) >= 11 is 0. The second kappa shape index (κ2) is 5.15. The molecule has 0 fully saturated rings. The van der Waals surface area contributed by atoms with Gasteiger partial charge in [0.1, 0.15) is 0 Å². The van der Waals surface area contributed by atoms with E-state index >= 15 is 0 Å². The van der Waals surface area contributed by atoms with Gasteiger partial charge in [-0.05, 0) is 30.5 Å². The summed E-state index contributed by atoms with van der Waals surface area (Å²) in [5, 5.41) is 4.25. The third kappa shape index (κ3) is 2.39. The van der Waals surface area contributed by atoms with Crippen molar-refractivity contribution in [2.75, 3.05) is 0 Å². The van der Waals surface area contributed by atoms with Gasteiger partial charge in [-0.2, -0.15) is 5.10 Å². The molecule has 1 unspecified atom stereocenters. The van der Waals surface area contributed by atoms with Gasteiger partial charge < -0.3 is 5.73 Å². The molecule has 3 heteroatoms. The Kier molecular flexibility index (Phi) is 3.59. The van der Waals surface area contributed by atoms with E-state index in [1.165, 1.54) is 5.56 Å². The molecule has 0 saturated heterocycles.